The van der Waals surface area contributed by atoms with Crippen molar-refractivity contribution in [3.05, 3.63) is 52.9 Å². The van der Waals surface area contributed by atoms with Gasteiger partial charge in [-0.3, -0.25) is 4.90 Å². The number of fused-ring (bicyclic) bond motifs is 1. The second-order valence-electron chi connectivity index (χ2n) is 7.44. The smallest absolute Gasteiger partial charge is 0.250 e. The third kappa shape index (κ3) is 3.83. The van der Waals surface area contributed by atoms with Gasteiger partial charge in [-0.15, -0.1) is 0 Å². The first kappa shape index (κ1) is 19.8. The van der Waals surface area contributed by atoms with E-state index in [0.29, 0.717) is 25.1 Å². The molecule has 2 aromatic rings. The van der Waals surface area contributed by atoms with Crippen molar-refractivity contribution in [3.8, 4) is 0 Å². The van der Waals surface area contributed by atoms with Gasteiger partial charge in [-0.1, -0.05) is 0 Å². The lowest BCUT2D eigenvalue weighted by Gasteiger charge is -2.29. The number of hydrogen-bond donors (Lipinski definition) is 1. The molecule has 0 aliphatic carbocycles. The quantitative estimate of drug-likeness (QED) is 0.808. The Morgan fingerprint density at radius 1 is 1.29 bits per heavy atom. The summed E-state index contributed by atoms with van der Waals surface area (Å²) >= 11 is 1.57. The summed E-state index contributed by atoms with van der Waals surface area (Å²) in [5.74, 6) is -0.0992. The normalized spacial score (nSPS) is 26.2. The van der Waals surface area contributed by atoms with Gasteiger partial charge in [0.05, 0.1) is 11.9 Å². The van der Waals surface area contributed by atoms with Gasteiger partial charge < -0.3 is 5.73 Å². The molecule has 0 radical (unpaired) electrons. The van der Waals surface area contributed by atoms with E-state index in [1.54, 1.807) is 18.0 Å². The topological polar surface area (TPSA) is 81.2 Å². The third-order valence-electron chi connectivity index (χ3n) is 5.38. The van der Waals surface area contributed by atoms with Crippen molar-refractivity contribution in [2.24, 2.45) is 5.73 Å². The van der Waals surface area contributed by atoms with Crippen LogP contribution in [0.2, 0.25) is 0 Å². The third-order valence-corrected chi connectivity index (χ3v) is 7.69. The van der Waals surface area contributed by atoms with E-state index >= 15 is 0 Å². The molecule has 6 nitrogen and oxygen atoms in total. The zero-order valence-electron chi connectivity index (χ0n) is 15.4. The number of aromatic nitrogens is 2. The average Bonchev–Trinajstić information content (AvgIpc) is 3.13. The highest BCUT2D eigenvalue weighted by Gasteiger charge is 2.35. The molecule has 28 heavy (non-hydrogen) atoms. The molecule has 4 rings (SSSR count). The molecule has 1 aromatic carbocycles. The van der Waals surface area contributed by atoms with Gasteiger partial charge >= 0.3 is 0 Å². The SMILES string of the molecule is CS(=O)(=O)n1cc2c(n1)CN([C@H]1CCS[C@H](c3cc(F)ccc3F)[C@@H](N)C1)C2. The summed E-state index contributed by atoms with van der Waals surface area (Å²) < 4.78 is 52.1. The Balaban J connectivity index is 1.48. The molecule has 2 aliphatic heterocycles. The Morgan fingerprint density at radius 3 is 2.79 bits per heavy atom. The number of thioether (sulfide) groups is 1. The number of rotatable bonds is 3. The molecule has 10 heteroatoms. The van der Waals surface area contributed by atoms with Crippen LogP contribution < -0.4 is 5.73 Å². The van der Waals surface area contributed by atoms with Crippen molar-refractivity contribution < 1.29 is 17.2 Å². The molecule has 3 heterocycles. The van der Waals surface area contributed by atoms with Crippen molar-refractivity contribution in [1.82, 2.24) is 14.1 Å². The Bertz CT molecular complexity index is 972. The molecule has 1 fully saturated rings. The van der Waals surface area contributed by atoms with Gasteiger partial charge in [-0.25, -0.2) is 17.2 Å². The van der Waals surface area contributed by atoms with Crippen LogP contribution in [0, 0.1) is 11.6 Å². The summed E-state index contributed by atoms with van der Waals surface area (Å²) in [5.41, 5.74) is 8.41. The lowest BCUT2D eigenvalue weighted by molar-refractivity contribution is 0.175. The van der Waals surface area contributed by atoms with Crippen LogP contribution in [0.25, 0.3) is 0 Å². The molecule has 1 aromatic heterocycles. The molecular weight excluding hydrogens is 406 g/mol. The van der Waals surface area contributed by atoms with E-state index in [4.69, 9.17) is 5.73 Å². The summed E-state index contributed by atoms with van der Waals surface area (Å²) in [7, 11) is -3.39. The van der Waals surface area contributed by atoms with E-state index in [-0.39, 0.29) is 17.3 Å². The minimum absolute atomic E-state index is 0.185. The zero-order valence-corrected chi connectivity index (χ0v) is 17.0. The maximum absolute atomic E-state index is 14.2. The highest BCUT2D eigenvalue weighted by molar-refractivity contribution is 7.99. The van der Waals surface area contributed by atoms with E-state index in [2.05, 4.69) is 10.00 Å². The monoisotopic (exact) mass is 428 g/mol. The van der Waals surface area contributed by atoms with Crippen LogP contribution in [0.4, 0.5) is 8.78 Å². The van der Waals surface area contributed by atoms with Gasteiger partial charge in [0, 0.05) is 47.7 Å². The van der Waals surface area contributed by atoms with E-state index in [0.717, 1.165) is 45.9 Å². The Labute approximate surface area is 167 Å². The molecular formula is C18H22F2N4O2S2. The van der Waals surface area contributed by atoms with Crippen LogP contribution in [0.5, 0.6) is 0 Å². The van der Waals surface area contributed by atoms with Crippen molar-refractivity contribution >= 4 is 21.8 Å². The fraction of sp³-hybridized carbons (Fsp3) is 0.500. The standard InChI is InChI=1S/C18H22F2N4O2S2/c1-28(25,26)24-9-11-8-23(10-17(11)22-24)13-4-5-27-18(16(21)7-13)14-6-12(19)2-3-15(14)20/h2-3,6,9,13,16,18H,4-5,7-8,10,21H2,1H3/t13-,16-,18+/m0/s1. The van der Waals surface area contributed by atoms with Crippen molar-refractivity contribution in [1.29, 1.82) is 0 Å². The maximum Gasteiger partial charge on any atom is 0.250 e. The van der Waals surface area contributed by atoms with E-state index in [1.165, 1.54) is 6.07 Å². The lowest BCUT2D eigenvalue weighted by Crippen LogP contribution is -2.37. The summed E-state index contributed by atoms with van der Waals surface area (Å²) in [4.78, 5) is 2.25. The van der Waals surface area contributed by atoms with E-state index < -0.39 is 21.7 Å². The van der Waals surface area contributed by atoms with Gasteiger partial charge in [-0.2, -0.15) is 20.9 Å². The fourth-order valence-corrected chi connectivity index (χ4v) is 5.92. The molecule has 3 atom stereocenters. The van der Waals surface area contributed by atoms with Gasteiger partial charge in [-0.05, 0) is 36.8 Å². The average molecular weight is 429 g/mol. The number of hydrogen-bond acceptors (Lipinski definition) is 6. The summed E-state index contributed by atoms with van der Waals surface area (Å²) in [6.07, 6.45) is 4.23. The predicted molar refractivity (Wildman–Crippen MR) is 104 cm³/mol. The first-order valence-corrected chi connectivity index (χ1v) is 12.0. The fourth-order valence-electron chi connectivity index (χ4n) is 3.98. The second kappa shape index (κ2) is 7.40. The summed E-state index contributed by atoms with van der Waals surface area (Å²) in [6.45, 7) is 1.19. The van der Waals surface area contributed by atoms with Gasteiger partial charge in [0.15, 0.2) is 0 Å². The van der Waals surface area contributed by atoms with Crippen LogP contribution in [0.15, 0.2) is 24.4 Å². The number of benzene rings is 1. The molecule has 0 saturated carbocycles. The molecule has 0 unspecified atom stereocenters. The van der Waals surface area contributed by atoms with Crippen LogP contribution in [0.3, 0.4) is 0 Å². The van der Waals surface area contributed by atoms with Gasteiger partial charge in [0.2, 0.25) is 0 Å². The van der Waals surface area contributed by atoms with Crippen LogP contribution in [-0.2, 0) is 23.1 Å². The van der Waals surface area contributed by atoms with Crippen molar-refractivity contribution in [2.75, 3.05) is 12.0 Å². The maximum atomic E-state index is 14.2. The van der Waals surface area contributed by atoms with Crippen molar-refractivity contribution in [3.63, 3.8) is 0 Å². The minimum Gasteiger partial charge on any atom is -0.326 e. The number of halogens is 2. The highest BCUT2D eigenvalue weighted by Crippen LogP contribution is 2.40. The molecule has 1 saturated heterocycles. The Morgan fingerprint density at radius 2 is 2.07 bits per heavy atom. The first-order chi connectivity index (χ1) is 13.2. The molecule has 0 spiro atoms. The Hall–Kier alpha value is -1.49. The van der Waals surface area contributed by atoms with Crippen LogP contribution in [-0.4, -0.2) is 46.6 Å². The summed E-state index contributed by atoms with van der Waals surface area (Å²) in [6, 6.07) is 3.39. The second-order valence-corrected chi connectivity index (χ2v) is 10.5. The Kier molecular flexibility index (Phi) is 5.24. The van der Waals surface area contributed by atoms with Crippen molar-refractivity contribution in [2.45, 2.75) is 43.3 Å². The highest BCUT2D eigenvalue weighted by atomic mass is 32.2. The summed E-state index contributed by atoms with van der Waals surface area (Å²) in [5, 5.41) is 3.90. The first-order valence-electron chi connectivity index (χ1n) is 9.06. The van der Waals surface area contributed by atoms with E-state index in [9.17, 15) is 17.2 Å². The minimum atomic E-state index is -3.39. The zero-order chi connectivity index (χ0) is 20.1. The van der Waals surface area contributed by atoms with Gasteiger partial charge in [0.25, 0.3) is 10.0 Å². The number of nitrogens with two attached hydrogens (primary N) is 1. The largest absolute Gasteiger partial charge is 0.326 e. The molecule has 0 amide bonds. The molecule has 2 N–H and O–H groups in total. The predicted octanol–water partition coefficient (Wildman–Crippen LogP) is 2.25. The van der Waals surface area contributed by atoms with E-state index in [1.807, 2.05) is 0 Å². The number of nitrogens with zero attached hydrogens (tertiary/aromatic N) is 3. The van der Waals surface area contributed by atoms with Crippen LogP contribution in [0.1, 0.15) is 34.9 Å². The molecule has 0 bridgehead atoms. The molecule has 152 valence electrons. The van der Waals surface area contributed by atoms with Gasteiger partial charge in [0.1, 0.15) is 11.6 Å². The van der Waals surface area contributed by atoms with Crippen LogP contribution >= 0.6 is 11.8 Å². The molecule has 2 aliphatic rings. The lowest BCUT2D eigenvalue weighted by atomic mass is 9.97.